The van der Waals surface area contributed by atoms with E-state index in [1.807, 2.05) is 24.3 Å². The smallest absolute Gasteiger partial charge is 0.124 e. The molecular formula is C20H20BrNO2. The van der Waals surface area contributed by atoms with Crippen molar-refractivity contribution in [2.45, 2.75) is 26.6 Å². The minimum absolute atomic E-state index is 0.564. The standard InChI is InChI=1S/C20H20BrNO2/c1-15-4-2-5-16(10-15)14-24-20-8-7-18(21)11-17(20)12-22-13-19-6-3-9-23-19/h2-11,22H,12-14H2,1H3. The van der Waals surface area contributed by atoms with Gasteiger partial charge in [0.05, 0.1) is 12.8 Å². The quantitative estimate of drug-likeness (QED) is 0.605. The fourth-order valence-electron chi connectivity index (χ4n) is 2.52. The Bertz CT molecular complexity index is 784. The van der Waals surface area contributed by atoms with Gasteiger partial charge in [0.15, 0.2) is 0 Å². The third-order valence-electron chi connectivity index (χ3n) is 3.69. The molecule has 1 heterocycles. The molecule has 0 radical (unpaired) electrons. The predicted molar refractivity (Wildman–Crippen MR) is 98.9 cm³/mol. The summed E-state index contributed by atoms with van der Waals surface area (Å²) < 4.78 is 12.4. The number of benzene rings is 2. The van der Waals surface area contributed by atoms with E-state index in [0.29, 0.717) is 19.7 Å². The minimum atomic E-state index is 0.564. The van der Waals surface area contributed by atoms with Crippen LogP contribution < -0.4 is 10.1 Å². The fraction of sp³-hybridized carbons (Fsp3) is 0.200. The summed E-state index contributed by atoms with van der Waals surface area (Å²) in [5, 5.41) is 3.38. The zero-order valence-electron chi connectivity index (χ0n) is 13.6. The molecule has 1 N–H and O–H groups in total. The molecule has 1 aromatic heterocycles. The number of hydrogen-bond acceptors (Lipinski definition) is 3. The lowest BCUT2D eigenvalue weighted by atomic mass is 10.1. The summed E-state index contributed by atoms with van der Waals surface area (Å²) in [5.74, 6) is 1.82. The molecule has 0 aliphatic heterocycles. The molecule has 2 aromatic carbocycles. The van der Waals surface area contributed by atoms with Crippen molar-refractivity contribution in [1.29, 1.82) is 0 Å². The number of aryl methyl sites for hydroxylation is 1. The van der Waals surface area contributed by atoms with Crippen molar-refractivity contribution in [2.24, 2.45) is 0 Å². The molecule has 124 valence electrons. The van der Waals surface area contributed by atoms with Gasteiger partial charge in [-0.25, -0.2) is 0 Å². The van der Waals surface area contributed by atoms with Crippen molar-refractivity contribution in [3.05, 3.63) is 87.8 Å². The summed E-state index contributed by atoms with van der Waals surface area (Å²) in [7, 11) is 0. The third-order valence-corrected chi connectivity index (χ3v) is 4.19. The maximum Gasteiger partial charge on any atom is 0.124 e. The van der Waals surface area contributed by atoms with Gasteiger partial charge in [-0.1, -0.05) is 45.8 Å². The van der Waals surface area contributed by atoms with Crippen LogP contribution in [0.2, 0.25) is 0 Å². The van der Waals surface area contributed by atoms with Gasteiger partial charge in [-0.3, -0.25) is 0 Å². The third kappa shape index (κ3) is 4.73. The van der Waals surface area contributed by atoms with Gasteiger partial charge in [0.1, 0.15) is 18.1 Å². The van der Waals surface area contributed by atoms with E-state index in [-0.39, 0.29) is 0 Å². The Kier molecular flexibility index (Phi) is 5.72. The Labute approximate surface area is 150 Å². The Hall–Kier alpha value is -2.04. The van der Waals surface area contributed by atoms with Crippen molar-refractivity contribution in [2.75, 3.05) is 0 Å². The van der Waals surface area contributed by atoms with Crippen molar-refractivity contribution >= 4 is 15.9 Å². The zero-order valence-corrected chi connectivity index (χ0v) is 15.2. The SMILES string of the molecule is Cc1cccc(COc2ccc(Br)cc2CNCc2ccco2)c1. The second-order valence-electron chi connectivity index (χ2n) is 5.71. The lowest BCUT2D eigenvalue weighted by Crippen LogP contribution is -2.13. The van der Waals surface area contributed by atoms with Crippen molar-refractivity contribution in [1.82, 2.24) is 5.32 Å². The average molecular weight is 386 g/mol. The van der Waals surface area contributed by atoms with E-state index in [1.165, 1.54) is 11.1 Å². The van der Waals surface area contributed by atoms with Gasteiger partial charge in [-0.2, -0.15) is 0 Å². The molecule has 0 saturated carbocycles. The molecule has 0 unspecified atom stereocenters. The second-order valence-corrected chi connectivity index (χ2v) is 6.63. The lowest BCUT2D eigenvalue weighted by molar-refractivity contribution is 0.301. The van der Waals surface area contributed by atoms with Gasteiger partial charge < -0.3 is 14.5 Å². The van der Waals surface area contributed by atoms with Crippen LogP contribution in [0.3, 0.4) is 0 Å². The van der Waals surface area contributed by atoms with Gasteiger partial charge in [-0.05, 0) is 42.8 Å². The molecule has 0 amide bonds. The van der Waals surface area contributed by atoms with Crippen LogP contribution in [0.1, 0.15) is 22.5 Å². The molecule has 0 bridgehead atoms. The summed E-state index contributed by atoms with van der Waals surface area (Å²) in [4.78, 5) is 0. The number of rotatable bonds is 7. The highest BCUT2D eigenvalue weighted by Crippen LogP contribution is 2.24. The predicted octanol–water partition coefficient (Wildman–Crippen LogP) is 5.22. The second kappa shape index (κ2) is 8.18. The first kappa shape index (κ1) is 16.8. The minimum Gasteiger partial charge on any atom is -0.489 e. The van der Waals surface area contributed by atoms with E-state index in [0.717, 1.165) is 21.5 Å². The molecule has 0 fully saturated rings. The molecule has 4 heteroatoms. The molecule has 0 aliphatic carbocycles. The molecule has 0 spiro atoms. The number of ether oxygens (including phenoxy) is 1. The maximum absolute atomic E-state index is 6.04. The molecule has 0 saturated heterocycles. The highest BCUT2D eigenvalue weighted by molar-refractivity contribution is 9.10. The van der Waals surface area contributed by atoms with Crippen molar-refractivity contribution < 1.29 is 9.15 Å². The average Bonchev–Trinajstić information content (AvgIpc) is 3.07. The van der Waals surface area contributed by atoms with Crippen LogP contribution in [-0.2, 0) is 19.7 Å². The molecule has 0 aliphatic rings. The number of nitrogens with one attached hydrogen (secondary N) is 1. The first-order valence-corrected chi connectivity index (χ1v) is 8.70. The molecule has 3 aromatic rings. The van der Waals surface area contributed by atoms with Crippen LogP contribution in [-0.4, -0.2) is 0 Å². The van der Waals surface area contributed by atoms with Gasteiger partial charge >= 0.3 is 0 Å². The summed E-state index contributed by atoms with van der Waals surface area (Å²) >= 11 is 3.53. The Morgan fingerprint density at radius 1 is 1.04 bits per heavy atom. The highest BCUT2D eigenvalue weighted by atomic mass is 79.9. The normalized spacial score (nSPS) is 10.8. The first-order valence-electron chi connectivity index (χ1n) is 7.90. The van der Waals surface area contributed by atoms with E-state index in [9.17, 15) is 0 Å². The highest BCUT2D eigenvalue weighted by Gasteiger charge is 2.06. The van der Waals surface area contributed by atoms with Gasteiger partial charge in [-0.15, -0.1) is 0 Å². The fourth-order valence-corrected chi connectivity index (χ4v) is 2.93. The van der Waals surface area contributed by atoms with Crippen molar-refractivity contribution in [3.8, 4) is 5.75 Å². The van der Waals surface area contributed by atoms with Crippen LogP contribution in [0.15, 0.2) is 69.8 Å². The molecule has 3 nitrogen and oxygen atoms in total. The van der Waals surface area contributed by atoms with Crippen LogP contribution in [0.4, 0.5) is 0 Å². The first-order chi connectivity index (χ1) is 11.7. The van der Waals surface area contributed by atoms with Crippen molar-refractivity contribution in [3.63, 3.8) is 0 Å². The van der Waals surface area contributed by atoms with Crippen LogP contribution in [0, 0.1) is 6.92 Å². The van der Waals surface area contributed by atoms with Crippen LogP contribution in [0.25, 0.3) is 0 Å². The zero-order chi connectivity index (χ0) is 16.8. The van der Waals surface area contributed by atoms with E-state index >= 15 is 0 Å². The lowest BCUT2D eigenvalue weighted by Gasteiger charge is -2.13. The Balaban J connectivity index is 1.63. The number of hydrogen-bond donors (Lipinski definition) is 1. The summed E-state index contributed by atoms with van der Waals surface area (Å²) in [6.45, 7) is 4.06. The number of halogens is 1. The molecule has 0 atom stereocenters. The van der Waals surface area contributed by atoms with E-state index < -0.39 is 0 Å². The van der Waals surface area contributed by atoms with Gasteiger partial charge in [0.2, 0.25) is 0 Å². The summed E-state index contributed by atoms with van der Waals surface area (Å²) in [6.07, 6.45) is 1.69. The monoisotopic (exact) mass is 385 g/mol. The van der Waals surface area contributed by atoms with Gasteiger partial charge in [0.25, 0.3) is 0 Å². The van der Waals surface area contributed by atoms with E-state index in [2.05, 4.69) is 58.5 Å². The molecule has 3 rings (SSSR count). The van der Waals surface area contributed by atoms with E-state index in [4.69, 9.17) is 9.15 Å². The summed E-state index contributed by atoms with van der Waals surface area (Å²) in [6, 6.07) is 18.3. The maximum atomic E-state index is 6.04. The summed E-state index contributed by atoms with van der Waals surface area (Å²) in [5.41, 5.74) is 3.53. The van der Waals surface area contributed by atoms with Gasteiger partial charge in [0, 0.05) is 16.6 Å². The largest absolute Gasteiger partial charge is 0.489 e. The van der Waals surface area contributed by atoms with Crippen LogP contribution >= 0.6 is 15.9 Å². The Morgan fingerprint density at radius 2 is 1.96 bits per heavy atom. The molecular weight excluding hydrogens is 366 g/mol. The number of furan rings is 1. The Morgan fingerprint density at radius 3 is 2.75 bits per heavy atom. The molecule has 24 heavy (non-hydrogen) atoms. The topological polar surface area (TPSA) is 34.4 Å². The van der Waals surface area contributed by atoms with Crippen LogP contribution in [0.5, 0.6) is 5.75 Å². The van der Waals surface area contributed by atoms with E-state index in [1.54, 1.807) is 6.26 Å².